The van der Waals surface area contributed by atoms with Crippen LogP contribution in [0.15, 0.2) is 24.3 Å². The van der Waals surface area contributed by atoms with Crippen molar-refractivity contribution in [2.24, 2.45) is 5.92 Å². The summed E-state index contributed by atoms with van der Waals surface area (Å²) in [6.07, 6.45) is 5.85. The van der Waals surface area contributed by atoms with Crippen LogP contribution in [0.3, 0.4) is 0 Å². The van der Waals surface area contributed by atoms with E-state index in [0.717, 1.165) is 19.3 Å². The molecule has 31 heavy (non-hydrogen) atoms. The van der Waals surface area contributed by atoms with Gasteiger partial charge < -0.3 is 30.5 Å². The molecule has 2 rings (SSSR count). The molecule has 9 heteroatoms. The fraction of sp³-hybridized carbons (Fsp3) is 0.500. The van der Waals surface area contributed by atoms with E-state index in [1.807, 2.05) is 6.08 Å². The van der Waals surface area contributed by atoms with E-state index in [1.54, 1.807) is 6.07 Å². The second-order valence-corrected chi connectivity index (χ2v) is 7.57. The number of amides is 3. The van der Waals surface area contributed by atoms with Gasteiger partial charge in [0.1, 0.15) is 11.4 Å². The molecule has 170 valence electrons. The Kier molecular flexibility index (Phi) is 9.17. The topological polar surface area (TPSA) is 128 Å². The van der Waals surface area contributed by atoms with Crippen LogP contribution in [0.2, 0.25) is 0 Å². The lowest BCUT2D eigenvalue weighted by atomic mass is 10.0. The number of ether oxygens (including phenoxy) is 1. The van der Waals surface area contributed by atoms with Crippen molar-refractivity contribution in [3.8, 4) is 11.5 Å². The number of hydrogen-bond donors (Lipinski definition) is 4. The number of phenols is 1. The zero-order valence-corrected chi connectivity index (χ0v) is 18.0. The van der Waals surface area contributed by atoms with Gasteiger partial charge in [-0.15, -0.1) is 0 Å². The van der Waals surface area contributed by atoms with Crippen molar-refractivity contribution < 1.29 is 29.3 Å². The van der Waals surface area contributed by atoms with E-state index in [0.29, 0.717) is 23.7 Å². The molecule has 0 fully saturated rings. The third-order valence-electron chi connectivity index (χ3n) is 5.02. The van der Waals surface area contributed by atoms with Gasteiger partial charge in [-0.1, -0.05) is 38.8 Å². The molecule has 1 atom stereocenters. The zero-order chi connectivity index (χ0) is 22.8. The normalized spacial score (nSPS) is 13.8. The number of phenolic OH excluding ortho intramolecular Hbond substituents is 1. The third-order valence-corrected chi connectivity index (χ3v) is 5.02. The van der Waals surface area contributed by atoms with Crippen molar-refractivity contribution in [2.45, 2.75) is 39.5 Å². The number of nitrogens with one attached hydrogen (secondary N) is 2. The Morgan fingerprint density at radius 2 is 2.13 bits per heavy atom. The summed E-state index contributed by atoms with van der Waals surface area (Å²) in [4.78, 5) is 36.2. The van der Waals surface area contributed by atoms with Crippen LogP contribution in [0.1, 0.15) is 38.7 Å². The molecule has 9 nitrogen and oxygen atoms in total. The van der Waals surface area contributed by atoms with Gasteiger partial charge in [-0.3, -0.25) is 9.59 Å². The van der Waals surface area contributed by atoms with Crippen LogP contribution in [0.25, 0.3) is 0 Å². The first-order valence-electron chi connectivity index (χ1n) is 10.5. The molecular weight excluding hydrogens is 402 g/mol. The van der Waals surface area contributed by atoms with Gasteiger partial charge >= 0.3 is 6.09 Å². The number of rotatable bonds is 11. The van der Waals surface area contributed by atoms with Crippen LogP contribution in [-0.4, -0.2) is 59.3 Å². The van der Waals surface area contributed by atoms with Crippen molar-refractivity contribution in [3.05, 3.63) is 29.8 Å². The van der Waals surface area contributed by atoms with Gasteiger partial charge in [0.25, 0.3) is 5.91 Å². The van der Waals surface area contributed by atoms with E-state index < -0.39 is 6.09 Å². The van der Waals surface area contributed by atoms with Gasteiger partial charge in [0.15, 0.2) is 12.4 Å². The maximum Gasteiger partial charge on any atom is 0.407 e. The first-order chi connectivity index (χ1) is 14.8. The number of carboxylic acid groups (broad SMARTS) is 1. The molecule has 1 aromatic carbocycles. The van der Waals surface area contributed by atoms with Crippen molar-refractivity contribution in [2.75, 3.05) is 31.6 Å². The van der Waals surface area contributed by atoms with E-state index in [4.69, 9.17) is 4.74 Å². The molecule has 0 aliphatic carbocycles. The number of fused-ring (bicyclic) bond motifs is 1. The van der Waals surface area contributed by atoms with Gasteiger partial charge in [-0.2, -0.15) is 0 Å². The van der Waals surface area contributed by atoms with Crippen molar-refractivity contribution in [1.29, 1.82) is 0 Å². The Balaban J connectivity index is 1.86. The van der Waals surface area contributed by atoms with Crippen LogP contribution < -0.4 is 15.4 Å². The molecule has 1 unspecified atom stereocenters. The number of benzene rings is 1. The second-order valence-electron chi connectivity index (χ2n) is 7.57. The molecule has 0 radical (unpaired) electrons. The summed E-state index contributed by atoms with van der Waals surface area (Å²) in [7, 11) is 0. The van der Waals surface area contributed by atoms with Gasteiger partial charge in [0.2, 0.25) is 5.91 Å². The number of aromatic hydroxyl groups is 1. The predicted molar refractivity (Wildman–Crippen MR) is 116 cm³/mol. The SMILES string of the molecule is CCCCC(C)C=CC(=O)NCCN(CCc1ccc(O)c2c1OCC(=O)N2)C(=O)O. The molecule has 4 N–H and O–H groups in total. The minimum Gasteiger partial charge on any atom is -0.506 e. The fourth-order valence-corrected chi connectivity index (χ4v) is 3.22. The van der Waals surface area contributed by atoms with E-state index in [1.165, 1.54) is 17.0 Å². The molecule has 3 amide bonds. The first-order valence-corrected chi connectivity index (χ1v) is 10.5. The Hall–Kier alpha value is -3.23. The minimum absolute atomic E-state index is 0.110. The Morgan fingerprint density at radius 1 is 1.35 bits per heavy atom. The Bertz CT molecular complexity index is 824. The monoisotopic (exact) mass is 433 g/mol. The predicted octanol–water partition coefficient (Wildman–Crippen LogP) is 2.74. The number of carbonyl (C=O) groups is 3. The summed E-state index contributed by atoms with van der Waals surface area (Å²) in [5.74, 6) is -0.0474. The molecular formula is C22H31N3O6. The summed E-state index contributed by atoms with van der Waals surface area (Å²) in [6, 6.07) is 3.07. The summed E-state index contributed by atoms with van der Waals surface area (Å²) in [5.41, 5.74) is 0.870. The number of hydrogen-bond acceptors (Lipinski definition) is 5. The number of unbranched alkanes of at least 4 members (excludes halogenated alkanes) is 1. The molecule has 0 saturated carbocycles. The van der Waals surface area contributed by atoms with E-state index in [-0.39, 0.29) is 49.5 Å². The summed E-state index contributed by atoms with van der Waals surface area (Å²) < 4.78 is 5.42. The lowest BCUT2D eigenvalue weighted by molar-refractivity contribution is -0.118. The molecule has 0 bridgehead atoms. The highest BCUT2D eigenvalue weighted by atomic mass is 16.5. The van der Waals surface area contributed by atoms with Gasteiger partial charge in [0.05, 0.1) is 0 Å². The van der Waals surface area contributed by atoms with Crippen molar-refractivity contribution in [3.63, 3.8) is 0 Å². The maximum atomic E-state index is 11.9. The molecule has 1 aliphatic heterocycles. The zero-order valence-electron chi connectivity index (χ0n) is 18.0. The Morgan fingerprint density at radius 3 is 2.84 bits per heavy atom. The number of carbonyl (C=O) groups excluding carboxylic acids is 2. The van der Waals surface area contributed by atoms with Gasteiger partial charge in [-0.25, -0.2) is 4.79 Å². The molecule has 0 saturated heterocycles. The number of nitrogens with zero attached hydrogens (tertiary/aromatic N) is 1. The largest absolute Gasteiger partial charge is 0.506 e. The summed E-state index contributed by atoms with van der Waals surface area (Å²) in [5, 5.41) is 24.6. The van der Waals surface area contributed by atoms with Gasteiger partial charge in [0, 0.05) is 19.6 Å². The maximum absolute atomic E-state index is 11.9. The van der Waals surface area contributed by atoms with Gasteiger partial charge in [-0.05, 0) is 36.5 Å². The molecule has 0 aromatic heterocycles. The van der Waals surface area contributed by atoms with E-state index in [9.17, 15) is 24.6 Å². The van der Waals surface area contributed by atoms with Crippen molar-refractivity contribution in [1.82, 2.24) is 10.2 Å². The van der Waals surface area contributed by atoms with Crippen LogP contribution in [0.4, 0.5) is 10.5 Å². The van der Waals surface area contributed by atoms with Crippen LogP contribution in [0.5, 0.6) is 11.5 Å². The average Bonchev–Trinajstić information content (AvgIpc) is 2.74. The number of allylic oxidation sites excluding steroid dienone is 1. The Labute approximate surface area is 182 Å². The van der Waals surface area contributed by atoms with E-state index >= 15 is 0 Å². The number of anilines is 1. The highest BCUT2D eigenvalue weighted by Gasteiger charge is 2.23. The molecule has 0 spiro atoms. The highest BCUT2D eigenvalue weighted by Crippen LogP contribution is 2.39. The molecule has 1 heterocycles. The third kappa shape index (κ3) is 7.51. The quantitative estimate of drug-likeness (QED) is 0.314. The highest BCUT2D eigenvalue weighted by molar-refractivity contribution is 5.97. The average molecular weight is 434 g/mol. The molecule has 1 aliphatic rings. The van der Waals surface area contributed by atoms with E-state index in [2.05, 4.69) is 24.5 Å². The van der Waals surface area contributed by atoms with Crippen LogP contribution in [0, 0.1) is 5.92 Å². The summed E-state index contributed by atoms with van der Waals surface area (Å²) >= 11 is 0. The second kappa shape index (κ2) is 11.8. The smallest absolute Gasteiger partial charge is 0.407 e. The van der Waals surface area contributed by atoms with Crippen molar-refractivity contribution >= 4 is 23.6 Å². The lowest BCUT2D eigenvalue weighted by Crippen LogP contribution is -2.38. The molecule has 1 aromatic rings. The summed E-state index contributed by atoms with van der Waals surface area (Å²) in [6.45, 7) is 4.52. The first kappa shape index (κ1) is 24.0. The standard InChI is InChI=1S/C22H31N3O6/c1-3-4-5-15(2)6-9-18(27)23-11-13-25(22(29)30)12-10-16-7-8-17(26)20-21(16)31-14-19(28)24-20/h6-9,15,26H,3-5,10-14H2,1-2H3,(H,23,27)(H,24,28)(H,29,30). The fourth-order valence-electron chi connectivity index (χ4n) is 3.22. The van der Waals surface area contributed by atoms with Crippen LogP contribution >= 0.6 is 0 Å². The van der Waals surface area contributed by atoms with Crippen LogP contribution in [-0.2, 0) is 16.0 Å². The minimum atomic E-state index is -1.10. The lowest BCUT2D eigenvalue weighted by Gasteiger charge is -2.23.